The van der Waals surface area contributed by atoms with Crippen molar-refractivity contribution < 1.29 is 42.3 Å². The van der Waals surface area contributed by atoms with Gasteiger partial charge in [-0.2, -0.15) is 9.74 Å². The highest BCUT2D eigenvalue weighted by molar-refractivity contribution is 7.53. The van der Waals surface area contributed by atoms with Crippen LogP contribution in [0.5, 0.6) is 0 Å². The molecule has 0 bridgehead atoms. The number of carbonyl (C=O) groups excluding carboxylic acids is 3. The number of aliphatic imine (C=N–C) groups is 1. The van der Waals surface area contributed by atoms with E-state index in [9.17, 15) is 18.9 Å². The number of rotatable bonds is 13. The monoisotopic (exact) mass is 549 g/mol. The number of hydrogen-bond acceptors (Lipinski definition) is 12. The number of imide groups is 1. The molecule has 0 saturated carbocycles. The van der Waals surface area contributed by atoms with Gasteiger partial charge < -0.3 is 23.4 Å². The van der Waals surface area contributed by atoms with Gasteiger partial charge in [0.15, 0.2) is 5.82 Å². The maximum Gasteiger partial charge on any atom is 0.356 e. The first kappa shape index (κ1) is 27.5. The van der Waals surface area contributed by atoms with Crippen molar-refractivity contribution in [3.05, 3.63) is 47.4 Å². The van der Waals surface area contributed by atoms with Crippen molar-refractivity contribution in [3.63, 3.8) is 0 Å². The van der Waals surface area contributed by atoms with Gasteiger partial charge in [-0.15, -0.1) is 0 Å². The smallest absolute Gasteiger partial charge is 0.356 e. The van der Waals surface area contributed by atoms with Gasteiger partial charge in [-0.1, -0.05) is 12.1 Å². The molecule has 15 heteroatoms. The second-order valence-electron chi connectivity index (χ2n) is 8.11. The first-order valence-electron chi connectivity index (χ1n) is 11.9. The summed E-state index contributed by atoms with van der Waals surface area (Å²) in [6.07, 6.45) is 1.55. The third-order valence-electron chi connectivity index (χ3n) is 5.43. The van der Waals surface area contributed by atoms with Crippen LogP contribution in [0.4, 0.5) is 5.82 Å². The van der Waals surface area contributed by atoms with E-state index in [1.54, 1.807) is 38.1 Å². The molecule has 14 nitrogen and oxygen atoms in total. The van der Waals surface area contributed by atoms with Gasteiger partial charge in [0.25, 0.3) is 11.8 Å². The number of amides is 2. The number of nitrogens with zero attached hydrogens (tertiary/aromatic N) is 5. The van der Waals surface area contributed by atoms with E-state index in [4.69, 9.17) is 23.4 Å². The number of carbonyl (C=O) groups is 3. The van der Waals surface area contributed by atoms with Crippen LogP contribution in [0, 0.1) is 0 Å². The maximum absolute atomic E-state index is 12.8. The fourth-order valence-electron chi connectivity index (χ4n) is 3.77. The van der Waals surface area contributed by atoms with Gasteiger partial charge in [0, 0.05) is 6.92 Å². The lowest BCUT2D eigenvalue weighted by molar-refractivity contribution is -0.146. The van der Waals surface area contributed by atoms with Crippen LogP contribution in [0.15, 0.2) is 35.6 Å². The molecule has 2 aliphatic rings. The standard InChI is InChI=1S/C23H28N5O9P/c1-4-36-38(32,37-5-2)15-34-17(11-33-16(3)29)12-35-27-14-24-20-10-26(13-25-21(20)27)28-22(30)18-8-6-7-9-19(18)23(28)31/h6-9,13-14,17H,4-5,10-12,15H2,1-3H3. The zero-order valence-corrected chi connectivity index (χ0v) is 22.0. The number of aromatic nitrogens is 2. The molecule has 0 saturated heterocycles. The minimum Gasteiger partial charge on any atom is -0.463 e. The van der Waals surface area contributed by atoms with Gasteiger partial charge in [0.05, 0.1) is 30.9 Å². The average molecular weight is 549 g/mol. The van der Waals surface area contributed by atoms with Crippen molar-refractivity contribution in [3.8, 4) is 0 Å². The molecule has 2 aliphatic heterocycles. The van der Waals surface area contributed by atoms with Crippen LogP contribution in [0.2, 0.25) is 0 Å². The first-order chi connectivity index (χ1) is 18.3. The van der Waals surface area contributed by atoms with Crippen LogP contribution in [0.25, 0.3) is 0 Å². The number of fused-ring (bicyclic) bond motifs is 2. The largest absolute Gasteiger partial charge is 0.463 e. The summed E-state index contributed by atoms with van der Waals surface area (Å²) >= 11 is 0. The van der Waals surface area contributed by atoms with Crippen molar-refractivity contribution in [1.82, 2.24) is 19.7 Å². The van der Waals surface area contributed by atoms with Crippen LogP contribution >= 0.6 is 7.60 Å². The Morgan fingerprint density at radius 1 is 1.08 bits per heavy atom. The van der Waals surface area contributed by atoms with E-state index in [-0.39, 0.29) is 39.3 Å². The van der Waals surface area contributed by atoms with E-state index in [1.165, 1.54) is 29.3 Å². The van der Waals surface area contributed by atoms with Crippen molar-refractivity contribution >= 4 is 37.5 Å². The van der Waals surface area contributed by atoms with Crippen LogP contribution in [0.1, 0.15) is 47.2 Å². The number of ether oxygens (including phenoxy) is 2. The third-order valence-corrected chi connectivity index (χ3v) is 7.20. The van der Waals surface area contributed by atoms with Crippen molar-refractivity contribution in [2.75, 3.05) is 32.8 Å². The highest BCUT2D eigenvalue weighted by Gasteiger charge is 2.40. The van der Waals surface area contributed by atoms with Crippen LogP contribution in [-0.4, -0.2) is 82.7 Å². The highest BCUT2D eigenvalue weighted by atomic mass is 31.2. The molecular weight excluding hydrogens is 521 g/mol. The van der Waals surface area contributed by atoms with E-state index in [1.807, 2.05) is 0 Å². The fourth-order valence-corrected chi connectivity index (χ4v) is 5.17. The molecule has 2 amide bonds. The summed E-state index contributed by atoms with van der Waals surface area (Å²) in [5.41, 5.74) is 1.10. The minimum atomic E-state index is -3.50. The van der Waals surface area contributed by atoms with Gasteiger partial charge in [0.2, 0.25) is 0 Å². The summed E-state index contributed by atoms with van der Waals surface area (Å²) in [6.45, 7) is 4.77. The van der Waals surface area contributed by atoms with E-state index in [2.05, 4.69) is 9.98 Å². The Morgan fingerprint density at radius 2 is 1.74 bits per heavy atom. The van der Waals surface area contributed by atoms with Gasteiger partial charge in [0.1, 0.15) is 44.0 Å². The molecule has 1 unspecified atom stereocenters. The van der Waals surface area contributed by atoms with Crippen LogP contribution < -0.4 is 4.84 Å². The Kier molecular flexibility index (Phi) is 8.57. The number of esters is 1. The molecule has 1 aromatic heterocycles. The maximum atomic E-state index is 12.8. The molecule has 38 heavy (non-hydrogen) atoms. The van der Waals surface area contributed by atoms with Crippen LogP contribution in [-0.2, 0) is 34.4 Å². The normalized spacial score (nSPS) is 15.4. The Morgan fingerprint density at radius 3 is 2.34 bits per heavy atom. The summed E-state index contributed by atoms with van der Waals surface area (Å²) in [5, 5.41) is 2.41. The molecule has 0 spiro atoms. The number of imidazole rings is 1. The molecule has 0 aliphatic carbocycles. The average Bonchev–Trinajstić information content (AvgIpc) is 3.41. The van der Waals surface area contributed by atoms with Gasteiger partial charge in [-0.05, 0) is 26.0 Å². The van der Waals surface area contributed by atoms with E-state index >= 15 is 0 Å². The zero-order valence-electron chi connectivity index (χ0n) is 21.1. The molecule has 0 N–H and O–H groups in total. The van der Waals surface area contributed by atoms with Crippen molar-refractivity contribution in [2.45, 2.75) is 33.4 Å². The minimum absolute atomic E-state index is 0.0972. The third kappa shape index (κ3) is 5.94. The summed E-state index contributed by atoms with van der Waals surface area (Å²) in [7, 11) is -3.50. The quantitative estimate of drug-likeness (QED) is 0.205. The lowest BCUT2D eigenvalue weighted by Crippen LogP contribution is -2.46. The highest BCUT2D eigenvalue weighted by Crippen LogP contribution is 2.48. The molecule has 3 heterocycles. The predicted octanol–water partition coefficient (Wildman–Crippen LogP) is 2.17. The van der Waals surface area contributed by atoms with E-state index in [0.29, 0.717) is 22.6 Å². The molecule has 1 atom stereocenters. The fraction of sp³-hybridized carbons (Fsp3) is 0.435. The SMILES string of the molecule is CCOP(=O)(COC(COC(C)=O)COn1cnc2c1N=CN(N1C(=O)c3ccccc3C1=O)C2)OCC. The molecule has 0 radical (unpaired) electrons. The molecule has 0 fully saturated rings. The lowest BCUT2D eigenvalue weighted by Gasteiger charge is -2.29. The zero-order chi connectivity index (χ0) is 27.3. The number of benzene rings is 1. The molecular formula is C23H28N5O9P. The van der Waals surface area contributed by atoms with Crippen molar-refractivity contribution in [1.29, 1.82) is 0 Å². The summed E-state index contributed by atoms with van der Waals surface area (Å²) in [6, 6.07) is 6.58. The number of hydrazine groups is 1. The summed E-state index contributed by atoms with van der Waals surface area (Å²) in [5.74, 6) is -1.07. The van der Waals surface area contributed by atoms with E-state index in [0.717, 1.165) is 5.01 Å². The Bertz CT molecular complexity index is 1230. The Balaban J connectivity index is 1.41. The number of hydrogen-bond donors (Lipinski definition) is 0. The molecule has 1 aromatic carbocycles. The van der Waals surface area contributed by atoms with E-state index < -0.39 is 31.5 Å². The molecule has 204 valence electrons. The molecule has 2 aromatic rings. The first-order valence-corrected chi connectivity index (χ1v) is 13.6. The lowest BCUT2D eigenvalue weighted by atomic mass is 10.1. The predicted molar refractivity (Wildman–Crippen MR) is 132 cm³/mol. The molecule has 4 rings (SSSR count). The van der Waals surface area contributed by atoms with Crippen molar-refractivity contribution in [2.24, 2.45) is 4.99 Å². The van der Waals surface area contributed by atoms with Gasteiger partial charge >= 0.3 is 13.6 Å². The van der Waals surface area contributed by atoms with Gasteiger partial charge in [-0.3, -0.25) is 24.0 Å². The second-order valence-corrected chi connectivity index (χ2v) is 10.1. The second kappa shape index (κ2) is 11.9. The van der Waals surface area contributed by atoms with Crippen LogP contribution in [0.3, 0.4) is 0 Å². The topological polar surface area (TPSA) is 151 Å². The van der Waals surface area contributed by atoms with Gasteiger partial charge in [-0.25, -0.2) is 9.98 Å². The summed E-state index contributed by atoms with van der Waals surface area (Å²) in [4.78, 5) is 51.3. The summed E-state index contributed by atoms with van der Waals surface area (Å²) < 4.78 is 35.2. The Labute approximate surface area is 218 Å². The Hall–Kier alpha value is -3.58.